The first-order valence-electron chi connectivity index (χ1n) is 8.79. The predicted molar refractivity (Wildman–Crippen MR) is 95.5 cm³/mol. The third-order valence-electron chi connectivity index (χ3n) is 4.48. The molecule has 27 heavy (non-hydrogen) atoms. The SMILES string of the molecule is CC(C)c1c(C(=O)N2CC(C(=O)O)O[C@H](C)C2)cnn1-c1ccc(F)cc1. The molecular formula is C19H22FN3O4. The molecule has 2 aromatic rings. The van der Waals surface area contributed by atoms with Gasteiger partial charge >= 0.3 is 5.97 Å². The van der Waals surface area contributed by atoms with E-state index >= 15 is 0 Å². The molecule has 7 nitrogen and oxygen atoms in total. The number of carboxylic acids is 1. The number of morpholine rings is 1. The van der Waals surface area contributed by atoms with Gasteiger partial charge in [-0.05, 0) is 37.1 Å². The molecule has 144 valence electrons. The monoisotopic (exact) mass is 375 g/mol. The number of halogens is 1. The molecule has 1 amide bonds. The summed E-state index contributed by atoms with van der Waals surface area (Å²) in [7, 11) is 0. The summed E-state index contributed by atoms with van der Waals surface area (Å²) >= 11 is 0. The smallest absolute Gasteiger partial charge is 0.334 e. The molecule has 1 aliphatic rings. The van der Waals surface area contributed by atoms with Crippen molar-refractivity contribution in [3.05, 3.63) is 47.5 Å². The van der Waals surface area contributed by atoms with E-state index in [2.05, 4.69) is 5.10 Å². The molecule has 3 rings (SSSR count). The molecule has 1 aliphatic heterocycles. The third-order valence-corrected chi connectivity index (χ3v) is 4.48. The van der Waals surface area contributed by atoms with E-state index in [1.54, 1.807) is 23.7 Å². The average Bonchev–Trinajstić information content (AvgIpc) is 3.06. The van der Waals surface area contributed by atoms with Gasteiger partial charge in [-0.1, -0.05) is 13.8 Å². The van der Waals surface area contributed by atoms with Gasteiger partial charge in [0.15, 0.2) is 6.10 Å². The van der Waals surface area contributed by atoms with Gasteiger partial charge in [0.2, 0.25) is 0 Å². The lowest BCUT2D eigenvalue weighted by molar-refractivity contribution is -0.160. The Morgan fingerprint density at radius 3 is 2.52 bits per heavy atom. The summed E-state index contributed by atoms with van der Waals surface area (Å²) in [5.74, 6) is -1.75. The first-order chi connectivity index (χ1) is 12.8. The summed E-state index contributed by atoms with van der Waals surface area (Å²) in [6.07, 6.45) is 0.0579. The van der Waals surface area contributed by atoms with Gasteiger partial charge < -0.3 is 14.7 Å². The number of hydrogen-bond donors (Lipinski definition) is 1. The Labute approximate surface area is 156 Å². The second kappa shape index (κ2) is 7.48. The summed E-state index contributed by atoms with van der Waals surface area (Å²) < 4.78 is 20.2. The number of aliphatic carboxylic acids is 1. The van der Waals surface area contributed by atoms with E-state index in [1.165, 1.54) is 23.2 Å². The van der Waals surface area contributed by atoms with Crippen molar-refractivity contribution in [3.63, 3.8) is 0 Å². The van der Waals surface area contributed by atoms with E-state index in [0.717, 1.165) is 0 Å². The normalized spacial score (nSPS) is 20.1. The molecule has 8 heteroatoms. The van der Waals surface area contributed by atoms with Crippen molar-refractivity contribution >= 4 is 11.9 Å². The Kier molecular flexibility index (Phi) is 5.27. The lowest BCUT2D eigenvalue weighted by Crippen LogP contribution is -2.51. The average molecular weight is 375 g/mol. The van der Waals surface area contributed by atoms with Crippen LogP contribution in [0, 0.1) is 5.82 Å². The fourth-order valence-electron chi connectivity index (χ4n) is 3.29. The van der Waals surface area contributed by atoms with Crippen LogP contribution in [-0.2, 0) is 9.53 Å². The lowest BCUT2D eigenvalue weighted by Gasteiger charge is -2.35. The highest BCUT2D eigenvalue weighted by atomic mass is 19.1. The Morgan fingerprint density at radius 2 is 1.93 bits per heavy atom. The first-order valence-corrected chi connectivity index (χ1v) is 8.79. The van der Waals surface area contributed by atoms with Crippen LogP contribution in [0.25, 0.3) is 5.69 Å². The maximum absolute atomic E-state index is 13.2. The van der Waals surface area contributed by atoms with Crippen LogP contribution in [0.15, 0.2) is 30.5 Å². The number of nitrogens with zero attached hydrogens (tertiary/aromatic N) is 3. The number of benzene rings is 1. The van der Waals surface area contributed by atoms with Crippen LogP contribution >= 0.6 is 0 Å². The van der Waals surface area contributed by atoms with Gasteiger partial charge in [-0.25, -0.2) is 13.9 Å². The van der Waals surface area contributed by atoms with Gasteiger partial charge in [-0.3, -0.25) is 4.79 Å². The number of rotatable bonds is 4. The minimum absolute atomic E-state index is 0.0161. The zero-order valence-electron chi connectivity index (χ0n) is 15.4. The summed E-state index contributed by atoms with van der Waals surface area (Å²) in [6.45, 7) is 5.91. The second-order valence-electron chi connectivity index (χ2n) is 6.97. The number of carbonyl (C=O) groups excluding carboxylic acids is 1. The van der Waals surface area contributed by atoms with E-state index in [0.29, 0.717) is 23.5 Å². The Hall–Kier alpha value is -2.74. The highest BCUT2D eigenvalue weighted by Crippen LogP contribution is 2.25. The summed E-state index contributed by atoms with van der Waals surface area (Å²) in [5, 5.41) is 13.6. The zero-order valence-corrected chi connectivity index (χ0v) is 15.4. The molecular weight excluding hydrogens is 353 g/mol. The van der Waals surface area contributed by atoms with E-state index in [9.17, 15) is 19.1 Å². The van der Waals surface area contributed by atoms with Crippen LogP contribution in [0.1, 0.15) is 42.7 Å². The number of carboxylic acid groups (broad SMARTS) is 1. The van der Waals surface area contributed by atoms with Crippen molar-refractivity contribution in [2.24, 2.45) is 0 Å². The molecule has 2 atom stereocenters. The molecule has 1 fully saturated rings. The van der Waals surface area contributed by atoms with Gasteiger partial charge in [-0.2, -0.15) is 5.10 Å². The minimum Gasteiger partial charge on any atom is -0.479 e. The Bertz CT molecular complexity index is 847. The second-order valence-corrected chi connectivity index (χ2v) is 6.97. The Balaban J connectivity index is 1.95. The van der Waals surface area contributed by atoms with Crippen LogP contribution in [-0.4, -0.2) is 57.0 Å². The van der Waals surface area contributed by atoms with Crippen LogP contribution in [0.5, 0.6) is 0 Å². The quantitative estimate of drug-likeness (QED) is 0.887. The number of hydrogen-bond acceptors (Lipinski definition) is 4. The maximum Gasteiger partial charge on any atom is 0.334 e. The predicted octanol–water partition coefficient (Wildman–Crippen LogP) is 2.45. The van der Waals surface area contributed by atoms with Crippen LogP contribution in [0.3, 0.4) is 0 Å². The number of amides is 1. The highest BCUT2D eigenvalue weighted by Gasteiger charge is 2.34. The van der Waals surface area contributed by atoms with Crippen molar-refractivity contribution in [3.8, 4) is 5.69 Å². The minimum atomic E-state index is -1.09. The fraction of sp³-hybridized carbons (Fsp3) is 0.421. The summed E-state index contributed by atoms with van der Waals surface area (Å²) in [6, 6.07) is 5.87. The van der Waals surface area contributed by atoms with Gasteiger partial charge in [-0.15, -0.1) is 0 Å². The van der Waals surface area contributed by atoms with Gasteiger partial charge in [0.05, 0.1) is 35.8 Å². The standard InChI is InChI=1S/C19H22FN3O4/c1-11(2)17-15(8-21-23(17)14-6-4-13(20)5-7-14)18(24)22-9-12(3)27-16(10-22)19(25)26/h4-8,11-12,16H,9-10H2,1-3H3,(H,25,26)/t12-,16?/m1/s1. The molecule has 0 aliphatic carbocycles. The van der Waals surface area contributed by atoms with Crippen LogP contribution in [0.4, 0.5) is 4.39 Å². The molecule has 1 aromatic heterocycles. The number of ether oxygens (including phenoxy) is 1. The Morgan fingerprint density at radius 1 is 1.26 bits per heavy atom. The lowest BCUT2D eigenvalue weighted by atomic mass is 10.0. The largest absolute Gasteiger partial charge is 0.479 e. The third kappa shape index (κ3) is 3.85. The molecule has 1 aromatic carbocycles. The topological polar surface area (TPSA) is 84.7 Å². The number of carbonyl (C=O) groups is 2. The van der Waals surface area contributed by atoms with E-state index in [1.807, 2.05) is 13.8 Å². The van der Waals surface area contributed by atoms with E-state index < -0.39 is 12.1 Å². The highest BCUT2D eigenvalue weighted by molar-refractivity contribution is 5.96. The van der Waals surface area contributed by atoms with Crippen LogP contribution < -0.4 is 0 Å². The van der Waals surface area contributed by atoms with Crippen molar-refractivity contribution < 1.29 is 23.8 Å². The molecule has 0 radical (unpaired) electrons. The summed E-state index contributed by atoms with van der Waals surface area (Å²) in [5.41, 5.74) is 1.75. The van der Waals surface area contributed by atoms with Crippen molar-refractivity contribution in [1.29, 1.82) is 0 Å². The fourth-order valence-corrected chi connectivity index (χ4v) is 3.29. The van der Waals surface area contributed by atoms with Gasteiger partial charge in [0.25, 0.3) is 5.91 Å². The molecule has 0 spiro atoms. The molecule has 2 heterocycles. The van der Waals surface area contributed by atoms with Gasteiger partial charge in [0.1, 0.15) is 5.82 Å². The molecule has 1 unspecified atom stereocenters. The molecule has 1 saturated heterocycles. The van der Waals surface area contributed by atoms with Crippen LogP contribution in [0.2, 0.25) is 0 Å². The first kappa shape index (κ1) is 19.0. The van der Waals surface area contributed by atoms with Crippen molar-refractivity contribution in [2.75, 3.05) is 13.1 Å². The van der Waals surface area contributed by atoms with Crippen molar-refractivity contribution in [2.45, 2.75) is 38.9 Å². The molecule has 1 N–H and O–H groups in total. The van der Waals surface area contributed by atoms with E-state index in [4.69, 9.17) is 4.74 Å². The number of aromatic nitrogens is 2. The molecule has 0 saturated carbocycles. The zero-order chi connectivity index (χ0) is 19.7. The molecule has 0 bridgehead atoms. The summed E-state index contributed by atoms with van der Waals surface area (Å²) in [4.78, 5) is 25.9. The van der Waals surface area contributed by atoms with E-state index in [-0.39, 0.29) is 30.3 Å². The van der Waals surface area contributed by atoms with Gasteiger partial charge in [0, 0.05) is 6.54 Å². The maximum atomic E-state index is 13.2. The van der Waals surface area contributed by atoms with Crippen molar-refractivity contribution in [1.82, 2.24) is 14.7 Å².